The highest BCUT2D eigenvalue weighted by molar-refractivity contribution is 5.98. The molecule has 1 atom stereocenters. The van der Waals surface area contributed by atoms with E-state index in [9.17, 15) is 27.2 Å². The zero-order valence-electron chi connectivity index (χ0n) is 10.4. The summed E-state index contributed by atoms with van der Waals surface area (Å²) in [4.78, 5) is 25.8. The SMILES string of the molecule is O=C(NC(CF)C(=O)O)c1cccnc1OCC(F)(F)F. The Morgan fingerprint density at radius 2 is 2.10 bits per heavy atom. The second kappa shape index (κ2) is 6.86. The van der Waals surface area contributed by atoms with Crippen LogP contribution in [0.2, 0.25) is 0 Å². The first-order valence-electron chi connectivity index (χ1n) is 5.49. The summed E-state index contributed by atoms with van der Waals surface area (Å²) in [6, 6.07) is 0.499. The summed E-state index contributed by atoms with van der Waals surface area (Å²) in [6.07, 6.45) is -3.54. The summed E-state index contributed by atoms with van der Waals surface area (Å²) < 4.78 is 53.0. The predicted molar refractivity (Wildman–Crippen MR) is 60.7 cm³/mol. The number of aromatic nitrogens is 1. The van der Waals surface area contributed by atoms with Gasteiger partial charge in [-0.05, 0) is 12.1 Å². The second-order valence-electron chi connectivity index (χ2n) is 3.78. The van der Waals surface area contributed by atoms with Crippen molar-refractivity contribution in [1.82, 2.24) is 10.3 Å². The van der Waals surface area contributed by atoms with Crippen LogP contribution in [0.25, 0.3) is 0 Å². The number of nitrogens with one attached hydrogen (secondary N) is 1. The van der Waals surface area contributed by atoms with E-state index in [0.717, 1.165) is 12.3 Å². The molecule has 0 saturated heterocycles. The molecule has 0 radical (unpaired) electrons. The lowest BCUT2D eigenvalue weighted by Crippen LogP contribution is -2.42. The Morgan fingerprint density at radius 1 is 1.43 bits per heavy atom. The average molecular weight is 310 g/mol. The van der Waals surface area contributed by atoms with E-state index in [4.69, 9.17) is 5.11 Å². The lowest BCUT2D eigenvalue weighted by molar-refractivity contribution is -0.154. The molecule has 0 aromatic carbocycles. The van der Waals surface area contributed by atoms with E-state index in [1.165, 1.54) is 6.07 Å². The van der Waals surface area contributed by atoms with Crippen molar-refractivity contribution in [2.45, 2.75) is 12.2 Å². The Bertz CT molecular complexity index is 521. The minimum atomic E-state index is -4.63. The Morgan fingerprint density at radius 3 is 2.62 bits per heavy atom. The van der Waals surface area contributed by atoms with Crippen LogP contribution in [-0.2, 0) is 4.79 Å². The molecule has 0 spiro atoms. The predicted octanol–water partition coefficient (Wildman–Crippen LogP) is 1.18. The molecule has 0 aliphatic heterocycles. The van der Waals surface area contributed by atoms with Crippen LogP contribution in [0.4, 0.5) is 17.6 Å². The van der Waals surface area contributed by atoms with Crippen LogP contribution in [0.3, 0.4) is 0 Å². The molecule has 1 unspecified atom stereocenters. The van der Waals surface area contributed by atoms with Gasteiger partial charge in [-0.1, -0.05) is 0 Å². The van der Waals surface area contributed by atoms with Crippen LogP contribution in [0.5, 0.6) is 5.88 Å². The first kappa shape index (κ1) is 16.7. The molecule has 6 nitrogen and oxygen atoms in total. The molecule has 0 bridgehead atoms. The molecular weight excluding hydrogens is 300 g/mol. The van der Waals surface area contributed by atoms with Gasteiger partial charge in [0.1, 0.15) is 12.2 Å². The van der Waals surface area contributed by atoms with Gasteiger partial charge >= 0.3 is 12.1 Å². The van der Waals surface area contributed by atoms with Gasteiger partial charge in [-0.3, -0.25) is 4.79 Å². The van der Waals surface area contributed by atoms with E-state index in [1.807, 2.05) is 0 Å². The summed E-state index contributed by atoms with van der Waals surface area (Å²) in [5.41, 5.74) is -0.429. The van der Waals surface area contributed by atoms with Crippen LogP contribution in [0.15, 0.2) is 18.3 Å². The van der Waals surface area contributed by atoms with E-state index in [-0.39, 0.29) is 0 Å². The zero-order valence-corrected chi connectivity index (χ0v) is 10.4. The minimum absolute atomic E-state index is 0.429. The molecular formula is C11H10F4N2O4. The van der Waals surface area contributed by atoms with Crippen molar-refractivity contribution < 1.29 is 37.0 Å². The lowest BCUT2D eigenvalue weighted by atomic mass is 10.2. The quantitative estimate of drug-likeness (QED) is 0.770. The number of ether oxygens (including phenoxy) is 1. The standard InChI is InChI=1S/C11H10F4N2O4/c12-4-7(10(19)20)17-8(18)6-2-1-3-16-9(6)21-5-11(13,14)15/h1-3,7H,4-5H2,(H,17,18)(H,19,20). The van der Waals surface area contributed by atoms with Crippen molar-refractivity contribution in [2.24, 2.45) is 0 Å². The zero-order chi connectivity index (χ0) is 16.0. The number of carbonyl (C=O) groups is 2. The van der Waals surface area contributed by atoms with Crippen molar-refractivity contribution in [1.29, 1.82) is 0 Å². The second-order valence-corrected chi connectivity index (χ2v) is 3.78. The van der Waals surface area contributed by atoms with Crippen molar-refractivity contribution in [3.63, 3.8) is 0 Å². The number of hydrogen-bond donors (Lipinski definition) is 2. The van der Waals surface area contributed by atoms with E-state index >= 15 is 0 Å². The first-order chi connectivity index (χ1) is 9.74. The van der Waals surface area contributed by atoms with Gasteiger partial charge < -0.3 is 15.2 Å². The molecule has 1 heterocycles. The number of amides is 1. The van der Waals surface area contributed by atoms with Gasteiger partial charge in [0, 0.05) is 6.20 Å². The number of hydrogen-bond acceptors (Lipinski definition) is 4. The molecule has 0 saturated carbocycles. The van der Waals surface area contributed by atoms with Gasteiger partial charge in [0.05, 0.1) is 0 Å². The molecule has 0 aliphatic carbocycles. The largest absolute Gasteiger partial charge is 0.480 e. The van der Waals surface area contributed by atoms with Gasteiger partial charge in [-0.15, -0.1) is 0 Å². The van der Waals surface area contributed by atoms with E-state index in [0.29, 0.717) is 0 Å². The van der Waals surface area contributed by atoms with E-state index in [1.54, 1.807) is 5.32 Å². The number of alkyl halides is 4. The Balaban J connectivity index is 2.87. The van der Waals surface area contributed by atoms with E-state index < -0.39 is 48.8 Å². The van der Waals surface area contributed by atoms with Crippen LogP contribution in [0, 0.1) is 0 Å². The first-order valence-corrected chi connectivity index (χ1v) is 5.49. The maximum absolute atomic E-state index is 12.4. The number of pyridine rings is 1. The van der Waals surface area contributed by atoms with E-state index in [2.05, 4.69) is 9.72 Å². The smallest absolute Gasteiger partial charge is 0.422 e. The van der Waals surface area contributed by atoms with Gasteiger partial charge in [-0.25, -0.2) is 14.2 Å². The monoisotopic (exact) mass is 310 g/mol. The Labute approximate surface area is 115 Å². The minimum Gasteiger partial charge on any atom is -0.480 e. The number of carbonyl (C=O) groups excluding carboxylic acids is 1. The fourth-order valence-electron chi connectivity index (χ4n) is 1.23. The van der Waals surface area contributed by atoms with Crippen molar-refractivity contribution in [3.8, 4) is 5.88 Å². The topological polar surface area (TPSA) is 88.5 Å². The number of carboxylic acid groups (broad SMARTS) is 1. The molecule has 10 heteroatoms. The van der Waals surface area contributed by atoms with Crippen LogP contribution in [0.1, 0.15) is 10.4 Å². The van der Waals surface area contributed by atoms with Gasteiger partial charge in [0.25, 0.3) is 5.91 Å². The molecule has 1 aromatic rings. The van der Waals surface area contributed by atoms with Crippen molar-refractivity contribution in [3.05, 3.63) is 23.9 Å². The average Bonchev–Trinajstić information content (AvgIpc) is 2.41. The van der Waals surface area contributed by atoms with Crippen molar-refractivity contribution >= 4 is 11.9 Å². The van der Waals surface area contributed by atoms with Gasteiger partial charge in [0.2, 0.25) is 5.88 Å². The molecule has 21 heavy (non-hydrogen) atoms. The highest BCUT2D eigenvalue weighted by Crippen LogP contribution is 2.20. The number of carboxylic acids is 1. The summed E-state index contributed by atoms with van der Waals surface area (Å²) in [6.45, 7) is -3.05. The van der Waals surface area contributed by atoms with Gasteiger partial charge in [-0.2, -0.15) is 13.2 Å². The molecule has 1 aromatic heterocycles. The molecule has 2 N–H and O–H groups in total. The number of aliphatic carboxylic acids is 1. The Hall–Kier alpha value is -2.39. The third-order valence-corrected chi connectivity index (χ3v) is 2.15. The Kier molecular flexibility index (Phi) is 5.44. The van der Waals surface area contributed by atoms with Crippen LogP contribution < -0.4 is 10.1 Å². The third kappa shape index (κ3) is 5.24. The molecule has 116 valence electrons. The highest BCUT2D eigenvalue weighted by atomic mass is 19.4. The summed E-state index contributed by atoms with van der Waals surface area (Å²) in [5.74, 6) is -3.35. The van der Waals surface area contributed by atoms with Crippen molar-refractivity contribution in [2.75, 3.05) is 13.3 Å². The fraction of sp³-hybridized carbons (Fsp3) is 0.364. The summed E-state index contributed by atoms with van der Waals surface area (Å²) in [5, 5.41) is 10.4. The fourth-order valence-corrected chi connectivity index (χ4v) is 1.23. The normalized spacial score (nSPS) is 12.6. The van der Waals surface area contributed by atoms with Crippen LogP contribution >= 0.6 is 0 Å². The molecule has 0 aliphatic rings. The number of rotatable bonds is 6. The number of nitrogens with zero attached hydrogens (tertiary/aromatic N) is 1. The summed E-state index contributed by atoms with van der Waals surface area (Å²) in [7, 11) is 0. The number of halogens is 4. The van der Waals surface area contributed by atoms with Gasteiger partial charge in [0.15, 0.2) is 12.6 Å². The third-order valence-electron chi connectivity index (χ3n) is 2.15. The molecule has 1 amide bonds. The van der Waals surface area contributed by atoms with Crippen LogP contribution in [-0.4, -0.2) is 47.5 Å². The maximum Gasteiger partial charge on any atom is 0.422 e. The maximum atomic E-state index is 12.4. The molecule has 0 fully saturated rings. The lowest BCUT2D eigenvalue weighted by Gasteiger charge is -2.14. The highest BCUT2D eigenvalue weighted by Gasteiger charge is 2.30. The molecule has 1 rings (SSSR count). The summed E-state index contributed by atoms with van der Waals surface area (Å²) >= 11 is 0.